The summed E-state index contributed by atoms with van der Waals surface area (Å²) in [7, 11) is 0. The summed E-state index contributed by atoms with van der Waals surface area (Å²) in [4.78, 5) is 35.9. The number of benzene rings is 2. The van der Waals surface area contributed by atoms with Crippen LogP contribution in [0.2, 0.25) is 0 Å². The van der Waals surface area contributed by atoms with Crippen molar-refractivity contribution in [2.45, 2.75) is 6.92 Å². The summed E-state index contributed by atoms with van der Waals surface area (Å²) in [5, 5.41) is 0. The molecule has 110 valence electrons. The lowest BCUT2D eigenvalue weighted by Gasteiger charge is -2.14. The van der Waals surface area contributed by atoms with E-state index in [1.54, 1.807) is 24.3 Å². The molecule has 22 heavy (non-hydrogen) atoms. The van der Waals surface area contributed by atoms with Gasteiger partial charge < -0.3 is 4.90 Å². The van der Waals surface area contributed by atoms with E-state index in [1.807, 2.05) is 6.07 Å². The zero-order chi connectivity index (χ0) is 15.7. The van der Waals surface area contributed by atoms with Crippen molar-refractivity contribution in [1.29, 1.82) is 0 Å². The molecule has 0 bridgehead atoms. The van der Waals surface area contributed by atoms with Crippen molar-refractivity contribution in [1.82, 2.24) is 0 Å². The molecule has 1 saturated heterocycles. The molecule has 4 rings (SSSR count). The third-order valence-corrected chi connectivity index (χ3v) is 3.74. The highest BCUT2D eigenvalue weighted by Gasteiger charge is 2.42. The van der Waals surface area contributed by atoms with Crippen molar-refractivity contribution >= 4 is 23.2 Å². The number of amides is 1. The van der Waals surface area contributed by atoms with Crippen LogP contribution in [0.1, 0.15) is 6.92 Å². The fourth-order valence-electron chi connectivity index (χ4n) is 2.52. The second kappa shape index (κ2) is 5.56. The van der Waals surface area contributed by atoms with Crippen LogP contribution in [0.4, 0.5) is 5.69 Å². The number of carbonyl (C=O) groups excluding carboxylic acids is 3. The van der Waals surface area contributed by atoms with Crippen molar-refractivity contribution in [3.05, 3.63) is 54.6 Å². The number of hydrogen-bond donors (Lipinski definition) is 0. The van der Waals surface area contributed by atoms with Crippen LogP contribution in [0, 0.1) is 5.92 Å². The lowest BCUT2D eigenvalue weighted by atomic mass is 10.0. The van der Waals surface area contributed by atoms with Gasteiger partial charge in [-0.05, 0) is 36.2 Å². The largest absolute Gasteiger partial charge is 0.304 e. The molecule has 0 saturated carbocycles. The lowest BCUT2D eigenvalue weighted by molar-refractivity contribution is -0.134. The number of ketones is 2. The lowest BCUT2D eigenvalue weighted by Crippen LogP contribution is -2.29. The number of hydrogen-bond acceptors (Lipinski definition) is 3. The van der Waals surface area contributed by atoms with Crippen LogP contribution < -0.4 is 4.90 Å². The van der Waals surface area contributed by atoms with Crippen molar-refractivity contribution in [3.8, 4) is 11.1 Å². The topological polar surface area (TPSA) is 54.5 Å². The second-order valence-corrected chi connectivity index (χ2v) is 5.35. The highest BCUT2D eigenvalue weighted by atomic mass is 16.2. The van der Waals surface area contributed by atoms with E-state index >= 15 is 0 Å². The molecule has 2 aliphatic carbocycles. The molecule has 1 aromatic rings. The molecular weight excluding hydrogens is 278 g/mol. The Hall–Kier alpha value is -2.75. The van der Waals surface area contributed by atoms with Gasteiger partial charge in [-0.1, -0.05) is 36.4 Å². The van der Waals surface area contributed by atoms with Gasteiger partial charge >= 0.3 is 0 Å². The van der Waals surface area contributed by atoms with E-state index in [9.17, 15) is 14.4 Å². The van der Waals surface area contributed by atoms with E-state index in [0.29, 0.717) is 5.69 Å². The molecule has 1 aromatic carbocycles. The first-order chi connectivity index (χ1) is 10.6. The molecule has 1 unspecified atom stereocenters. The molecule has 1 aliphatic heterocycles. The Balaban J connectivity index is 0.000000196. The number of fused-ring (bicyclic) bond motifs is 1. The van der Waals surface area contributed by atoms with Crippen molar-refractivity contribution in [2.75, 3.05) is 11.4 Å². The standard InChI is InChI=1S/C12H11NO3.C6H4/c1-8(14)11-10(15)7-13(12(11)16)9-5-3-2-4-6-9;1-2-5-4-6(5)3-1/h2-6,11H,7H2,1H3;1-4H. The van der Waals surface area contributed by atoms with Gasteiger partial charge in [-0.25, -0.2) is 0 Å². The summed E-state index contributed by atoms with van der Waals surface area (Å²) in [6.07, 6.45) is 0. The molecule has 4 heteroatoms. The first-order valence-electron chi connectivity index (χ1n) is 7.08. The third kappa shape index (κ3) is 2.68. The fraction of sp³-hybridized carbons (Fsp3) is 0.167. The monoisotopic (exact) mass is 293 g/mol. The summed E-state index contributed by atoms with van der Waals surface area (Å²) in [5.41, 5.74) is 3.51. The minimum absolute atomic E-state index is 0.00685. The Labute approximate surface area is 128 Å². The Bertz CT molecular complexity index is 735. The molecule has 0 N–H and O–H groups in total. The quantitative estimate of drug-likeness (QED) is 0.682. The summed E-state index contributed by atoms with van der Waals surface area (Å²) in [5.74, 6) is -2.21. The summed E-state index contributed by atoms with van der Waals surface area (Å²) < 4.78 is 0. The van der Waals surface area contributed by atoms with Gasteiger partial charge in [0.15, 0.2) is 11.7 Å². The van der Waals surface area contributed by atoms with Gasteiger partial charge in [0, 0.05) is 5.69 Å². The minimum atomic E-state index is -1.10. The van der Waals surface area contributed by atoms with E-state index in [2.05, 4.69) is 24.3 Å². The van der Waals surface area contributed by atoms with E-state index in [0.717, 1.165) is 0 Å². The normalized spacial score (nSPS) is 17.9. The summed E-state index contributed by atoms with van der Waals surface area (Å²) in [6, 6.07) is 17.4. The maximum atomic E-state index is 11.8. The SMILES string of the molecule is CC(=O)C1C(=O)CN(c2ccccc2)C1=O.c1cc2cc-2c1. The van der Waals surface area contributed by atoms with Gasteiger partial charge in [0.2, 0.25) is 5.91 Å². The number of nitrogens with zero attached hydrogens (tertiary/aromatic N) is 1. The van der Waals surface area contributed by atoms with Gasteiger partial charge in [0.25, 0.3) is 0 Å². The molecule has 0 radical (unpaired) electrons. The molecule has 0 spiro atoms. The van der Waals surface area contributed by atoms with E-state index in [-0.39, 0.29) is 18.1 Å². The molecule has 1 fully saturated rings. The number of Topliss-reactive ketones (excluding diaryl/α,β-unsaturated/α-hetero) is 2. The zero-order valence-corrected chi connectivity index (χ0v) is 12.2. The number of rotatable bonds is 2. The summed E-state index contributed by atoms with van der Waals surface area (Å²) in [6.45, 7) is 1.27. The predicted molar refractivity (Wildman–Crippen MR) is 83.4 cm³/mol. The molecule has 0 aromatic heterocycles. The summed E-state index contributed by atoms with van der Waals surface area (Å²) >= 11 is 0. The maximum absolute atomic E-state index is 11.8. The zero-order valence-electron chi connectivity index (χ0n) is 12.2. The first kappa shape index (κ1) is 14.2. The van der Waals surface area contributed by atoms with Crippen LogP contribution in [0.25, 0.3) is 11.1 Å². The van der Waals surface area contributed by atoms with E-state index in [1.165, 1.54) is 23.0 Å². The molecule has 4 nitrogen and oxygen atoms in total. The number of para-hydroxylation sites is 1. The van der Waals surface area contributed by atoms with Gasteiger partial charge in [-0.3, -0.25) is 14.4 Å². The van der Waals surface area contributed by atoms with Crippen LogP contribution >= 0.6 is 0 Å². The van der Waals surface area contributed by atoms with E-state index < -0.39 is 11.8 Å². The Morgan fingerprint density at radius 1 is 1.00 bits per heavy atom. The average Bonchev–Trinajstić information content (AvgIpc) is 2.97. The van der Waals surface area contributed by atoms with Crippen molar-refractivity contribution < 1.29 is 14.4 Å². The maximum Gasteiger partial charge on any atom is 0.245 e. The van der Waals surface area contributed by atoms with Crippen molar-refractivity contribution in [2.24, 2.45) is 5.92 Å². The molecule has 1 heterocycles. The Morgan fingerprint density at radius 3 is 2.05 bits per heavy atom. The smallest absolute Gasteiger partial charge is 0.245 e. The Morgan fingerprint density at radius 2 is 1.64 bits per heavy atom. The predicted octanol–water partition coefficient (Wildman–Crippen LogP) is 2.47. The van der Waals surface area contributed by atoms with E-state index in [4.69, 9.17) is 0 Å². The fourth-order valence-corrected chi connectivity index (χ4v) is 2.52. The van der Waals surface area contributed by atoms with Gasteiger partial charge in [0.1, 0.15) is 5.78 Å². The van der Waals surface area contributed by atoms with Gasteiger partial charge in [-0.2, -0.15) is 0 Å². The van der Waals surface area contributed by atoms with Crippen LogP contribution in [0.3, 0.4) is 0 Å². The van der Waals surface area contributed by atoms with Crippen LogP contribution in [-0.4, -0.2) is 24.0 Å². The molecule has 1 amide bonds. The molecular formula is C18H15NO3. The van der Waals surface area contributed by atoms with Crippen molar-refractivity contribution in [3.63, 3.8) is 0 Å². The minimum Gasteiger partial charge on any atom is -0.304 e. The Kier molecular flexibility index (Phi) is 3.59. The third-order valence-electron chi connectivity index (χ3n) is 3.74. The van der Waals surface area contributed by atoms with Crippen LogP contribution in [0.15, 0.2) is 54.6 Å². The van der Waals surface area contributed by atoms with Gasteiger partial charge in [-0.15, -0.1) is 0 Å². The number of carbonyl (C=O) groups is 3. The second-order valence-electron chi connectivity index (χ2n) is 5.35. The molecule has 1 atom stereocenters. The number of anilines is 1. The highest BCUT2D eigenvalue weighted by molar-refractivity contribution is 6.28. The van der Waals surface area contributed by atoms with Crippen LogP contribution in [0.5, 0.6) is 0 Å². The van der Waals surface area contributed by atoms with Gasteiger partial charge in [0.05, 0.1) is 6.54 Å². The first-order valence-corrected chi connectivity index (χ1v) is 7.08. The highest BCUT2D eigenvalue weighted by Crippen LogP contribution is 2.32. The molecule has 3 aliphatic rings. The van der Waals surface area contributed by atoms with Crippen LogP contribution in [-0.2, 0) is 14.4 Å². The average molecular weight is 293 g/mol.